The molecule has 0 fully saturated rings. The first kappa shape index (κ1) is 12.4. The molecule has 4 rings (SSSR count). The summed E-state index contributed by atoms with van der Waals surface area (Å²) in [6, 6.07) is 16.6. The summed E-state index contributed by atoms with van der Waals surface area (Å²) < 4.78 is 5.73. The summed E-state index contributed by atoms with van der Waals surface area (Å²) in [7, 11) is 0. The number of aromatic nitrogens is 1. The molecule has 0 radical (unpaired) electrons. The highest BCUT2D eigenvalue weighted by atomic mass is 32.1. The topological polar surface area (TPSA) is 22.1 Å². The van der Waals surface area contributed by atoms with Gasteiger partial charge in [0.15, 0.2) is 0 Å². The van der Waals surface area contributed by atoms with Crippen LogP contribution in [0.3, 0.4) is 0 Å². The molecule has 0 atom stereocenters. The van der Waals surface area contributed by atoms with E-state index in [1.54, 1.807) is 11.3 Å². The van der Waals surface area contributed by atoms with Crippen LogP contribution in [0, 0.1) is 0 Å². The molecule has 0 N–H and O–H groups in total. The minimum Gasteiger partial charge on any atom is -0.473 e. The number of fused-ring (bicyclic) bond motifs is 1. The molecule has 102 valence electrons. The molecule has 0 saturated heterocycles. The molecule has 0 amide bonds. The first-order valence-electron chi connectivity index (χ1n) is 6.85. The quantitative estimate of drug-likeness (QED) is 0.671. The second-order valence-corrected chi connectivity index (χ2v) is 5.78. The maximum Gasteiger partial charge on any atom is 0.222 e. The van der Waals surface area contributed by atoms with E-state index in [4.69, 9.17) is 4.74 Å². The van der Waals surface area contributed by atoms with E-state index in [2.05, 4.69) is 46.8 Å². The Bertz CT molecular complexity index is 792. The number of hydrogen-bond acceptors (Lipinski definition) is 3. The van der Waals surface area contributed by atoms with Crippen molar-refractivity contribution in [2.45, 2.75) is 0 Å². The number of rotatable bonds is 2. The van der Waals surface area contributed by atoms with Crippen molar-refractivity contribution in [1.82, 2.24) is 4.98 Å². The summed E-state index contributed by atoms with van der Waals surface area (Å²) in [5.74, 6) is 0.724. The van der Waals surface area contributed by atoms with Crippen LogP contribution in [0.4, 0.5) is 0 Å². The maximum absolute atomic E-state index is 5.73. The molecule has 0 unspecified atom stereocenters. The Kier molecular flexibility index (Phi) is 3.05. The normalized spacial score (nSPS) is 12.8. The molecule has 3 aromatic rings. The van der Waals surface area contributed by atoms with Crippen LogP contribution in [0.5, 0.6) is 5.88 Å². The summed E-state index contributed by atoms with van der Waals surface area (Å²) in [5, 5.41) is 2.09. The van der Waals surface area contributed by atoms with Crippen LogP contribution in [0.2, 0.25) is 0 Å². The summed E-state index contributed by atoms with van der Waals surface area (Å²) in [5.41, 5.74) is 4.32. The van der Waals surface area contributed by atoms with Crippen LogP contribution in [0.25, 0.3) is 27.8 Å². The third-order valence-electron chi connectivity index (χ3n) is 3.48. The fourth-order valence-electron chi connectivity index (χ4n) is 2.49. The van der Waals surface area contributed by atoms with Crippen molar-refractivity contribution in [3.05, 3.63) is 65.6 Å². The Hall–Kier alpha value is -2.39. The predicted octanol–water partition coefficient (Wildman–Crippen LogP) is 4.88. The van der Waals surface area contributed by atoms with E-state index in [1.807, 2.05) is 24.3 Å². The van der Waals surface area contributed by atoms with E-state index in [0.717, 1.165) is 22.7 Å². The molecule has 2 nitrogen and oxygen atoms in total. The Morgan fingerprint density at radius 2 is 1.95 bits per heavy atom. The molecule has 3 heterocycles. The molecule has 0 saturated carbocycles. The largest absolute Gasteiger partial charge is 0.473 e. The van der Waals surface area contributed by atoms with Crippen molar-refractivity contribution in [2.24, 2.45) is 0 Å². The van der Waals surface area contributed by atoms with E-state index in [-0.39, 0.29) is 0 Å². The second kappa shape index (κ2) is 5.19. The SMILES string of the molecule is C1=Cc2c(-c3cccs3)cc(-c3ccccc3)nc2OC1. The van der Waals surface area contributed by atoms with Gasteiger partial charge < -0.3 is 4.74 Å². The van der Waals surface area contributed by atoms with Crippen LogP contribution >= 0.6 is 11.3 Å². The van der Waals surface area contributed by atoms with Crippen molar-refractivity contribution in [2.75, 3.05) is 6.61 Å². The average Bonchev–Trinajstić information content (AvgIpc) is 3.09. The van der Waals surface area contributed by atoms with Crippen LogP contribution < -0.4 is 4.74 Å². The molecule has 0 spiro atoms. The van der Waals surface area contributed by atoms with E-state index >= 15 is 0 Å². The Balaban J connectivity index is 1.95. The number of benzene rings is 1. The highest BCUT2D eigenvalue weighted by Crippen LogP contribution is 2.37. The van der Waals surface area contributed by atoms with Crippen molar-refractivity contribution in [3.8, 4) is 27.6 Å². The lowest BCUT2D eigenvalue weighted by atomic mass is 10.0. The molecule has 1 aromatic carbocycles. The summed E-state index contributed by atoms with van der Waals surface area (Å²) in [6.45, 7) is 0.585. The van der Waals surface area contributed by atoms with Crippen LogP contribution in [0.15, 0.2) is 60.0 Å². The molecule has 1 aliphatic rings. The van der Waals surface area contributed by atoms with E-state index < -0.39 is 0 Å². The van der Waals surface area contributed by atoms with Gasteiger partial charge in [-0.15, -0.1) is 11.3 Å². The van der Waals surface area contributed by atoms with Crippen LogP contribution in [-0.4, -0.2) is 11.6 Å². The van der Waals surface area contributed by atoms with Gasteiger partial charge in [0, 0.05) is 21.6 Å². The lowest BCUT2D eigenvalue weighted by molar-refractivity contribution is 0.344. The summed E-state index contributed by atoms with van der Waals surface area (Å²) in [4.78, 5) is 5.92. The van der Waals surface area contributed by atoms with E-state index in [9.17, 15) is 0 Å². The average molecular weight is 291 g/mol. The number of nitrogens with zero attached hydrogens (tertiary/aromatic N) is 1. The Labute approximate surface area is 127 Å². The first-order valence-corrected chi connectivity index (χ1v) is 7.73. The zero-order valence-electron chi connectivity index (χ0n) is 11.3. The minimum absolute atomic E-state index is 0.585. The minimum atomic E-state index is 0.585. The molecule has 3 heteroatoms. The summed E-state index contributed by atoms with van der Waals surface area (Å²) in [6.07, 6.45) is 4.14. The second-order valence-electron chi connectivity index (χ2n) is 4.83. The van der Waals surface area contributed by atoms with Gasteiger partial charge in [0.2, 0.25) is 5.88 Å². The molecule has 1 aliphatic heterocycles. The van der Waals surface area contributed by atoms with Gasteiger partial charge in [0.1, 0.15) is 6.61 Å². The van der Waals surface area contributed by atoms with Gasteiger partial charge in [-0.2, -0.15) is 0 Å². The third kappa shape index (κ3) is 2.26. The van der Waals surface area contributed by atoms with Gasteiger partial charge in [-0.3, -0.25) is 0 Å². The molecule has 21 heavy (non-hydrogen) atoms. The molecular weight excluding hydrogens is 278 g/mol. The number of thiophene rings is 1. The lowest BCUT2D eigenvalue weighted by Gasteiger charge is -2.16. The molecule has 0 aliphatic carbocycles. The number of ether oxygens (including phenoxy) is 1. The first-order chi connectivity index (χ1) is 10.4. The summed E-state index contributed by atoms with van der Waals surface area (Å²) >= 11 is 1.74. The highest BCUT2D eigenvalue weighted by Gasteiger charge is 2.16. The zero-order valence-corrected chi connectivity index (χ0v) is 12.1. The van der Waals surface area contributed by atoms with Gasteiger partial charge in [-0.05, 0) is 29.7 Å². The fraction of sp³-hybridized carbons (Fsp3) is 0.0556. The molecule has 0 bridgehead atoms. The lowest BCUT2D eigenvalue weighted by Crippen LogP contribution is -2.04. The number of pyridine rings is 1. The van der Waals surface area contributed by atoms with Crippen molar-refractivity contribution >= 4 is 17.4 Å². The molecule has 2 aromatic heterocycles. The van der Waals surface area contributed by atoms with E-state index in [0.29, 0.717) is 6.61 Å². The van der Waals surface area contributed by atoms with Crippen molar-refractivity contribution in [1.29, 1.82) is 0 Å². The highest BCUT2D eigenvalue weighted by molar-refractivity contribution is 7.13. The van der Waals surface area contributed by atoms with Gasteiger partial charge in [-0.25, -0.2) is 4.98 Å². The smallest absolute Gasteiger partial charge is 0.222 e. The van der Waals surface area contributed by atoms with Crippen LogP contribution in [0.1, 0.15) is 5.56 Å². The van der Waals surface area contributed by atoms with Crippen molar-refractivity contribution < 1.29 is 4.74 Å². The zero-order chi connectivity index (χ0) is 14.1. The third-order valence-corrected chi connectivity index (χ3v) is 4.38. The fourth-order valence-corrected chi connectivity index (χ4v) is 3.24. The standard InChI is InChI=1S/C18H13NOS/c1-2-6-13(7-3-1)16-12-15(17-9-5-11-21-17)14-8-4-10-20-18(14)19-16/h1-9,11-12H,10H2. The van der Waals surface area contributed by atoms with Gasteiger partial charge in [-0.1, -0.05) is 36.4 Å². The Morgan fingerprint density at radius 1 is 1.05 bits per heavy atom. The van der Waals surface area contributed by atoms with Crippen molar-refractivity contribution in [3.63, 3.8) is 0 Å². The Morgan fingerprint density at radius 3 is 2.76 bits per heavy atom. The monoisotopic (exact) mass is 291 g/mol. The number of hydrogen-bond donors (Lipinski definition) is 0. The predicted molar refractivity (Wildman–Crippen MR) is 87.5 cm³/mol. The van der Waals surface area contributed by atoms with E-state index in [1.165, 1.54) is 10.4 Å². The maximum atomic E-state index is 5.73. The van der Waals surface area contributed by atoms with Gasteiger partial charge >= 0.3 is 0 Å². The van der Waals surface area contributed by atoms with Gasteiger partial charge in [0.25, 0.3) is 0 Å². The molecular formula is C18H13NOS. The van der Waals surface area contributed by atoms with Gasteiger partial charge in [0.05, 0.1) is 5.69 Å². The van der Waals surface area contributed by atoms with Crippen LogP contribution in [-0.2, 0) is 0 Å².